The van der Waals surface area contributed by atoms with Crippen molar-refractivity contribution in [2.45, 2.75) is 19.1 Å². The van der Waals surface area contributed by atoms with E-state index in [4.69, 9.17) is 21.4 Å². The highest BCUT2D eigenvalue weighted by atomic mass is 35.5. The van der Waals surface area contributed by atoms with Gasteiger partial charge in [0, 0.05) is 24.7 Å². The number of benzene rings is 1. The number of carboxylic acid groups (broad SMARTS) is 1. The van der Waals surface area contributed by atoms with Crippen LogP contribution in [-0.2, 0) is 16.1 Å². The van der Waals surface area contributed by atoms with Crippen molar-refractivity contribution in [2.24, 2.45) is 0 Å². The average molecular weight is 270 g/mol. The first-order valence-electron chi connectivity index (χ1n) is 5.93. The number of morpholine rings is 1. The van der Waals surface area contributed by atoms with Gasteiger partial charge in [0.1, 0.15) is 0 Å². The highest BCUT2D eigenvalue weighted by Crippen LogP contribution is 2.14. The molecule has 0 bridgehead atoms. The van der Waals surface area contributed by atoms with Crippen molar-refractivity contribution in [3.8, 4) is 0 Å². The summed E-state index contributed by atoms with van der Waals surface area (Å²) < 4.78 is 5.43. The molecule has 1 fully saturated rings. The number of aliphatic carboxylic acids is 1. The highest BCUT2D eigenvalue weighted by Gasteiger charge is 2.22. The van der Waals surface area contributed by atoms with Gasteiger partial charge in [0.15, 0.2) is 0 Å². The molecule has 5 heteroatoms. The van der Waals surface area contributed by atoms with Crippen LogP contribution in [0.4, 0.5) is 0 Å². The van der Waals surface area contributed by atoms with Crippen molar-refractivity contribution in [3.05, 3.63) is 34.9 Å². The van der Waals surface area contributed by atoms with E-state index in [0.717, 1.165) is 18.1 Å². The molecule has 0 amide bonds. The van der Waals surface area contributed by atoms with E-state index in [-0.39, 0.29) is 12.5 Å². The molecule has 1 aliphatic rings. The zero-order valence-electron chi connectivity index (χ0n) is 10.0. The Morgan fingerprint density at radius 1 is 1.44 bits per heavy atom. The second kappa shape index (κ2) is 6.18. The fraction of sp³-hybridized carbons (Fsp3) is 0.462. The second-order valence-electron chi connectivity index (χ2n) is 4.45. The Balaban J connectivity index is 1.89. The Morgan fingerprint density at radius 2 is 2.17 bits per heavy atom. The molecule has 2 rings (SSSR count). The fourth-order valence-electron chi connectivity index (χ4n) is 2.09. The summed E-state index contributed by atoms with van der Waals surface area (Å²) in [6.07, 6.45) is -0.138. The van der Waals surface area contributed by atoms with Gasteiger partial charge in [-0.1, -0.05) is 23.7 Å². The minimum atomic E-state index is -0.812. The standard InChI is InChI=1S/C13H16ClNO3/c14-11-3-1-10(2-4-11)8-15-5-6-18-12(9-15)7-13(16)17/h1-4,12H,5-9H2,(H,16,17)/t12-/m1/s1. The lowest BCUT2D eigenvalue weighted by Gasteiger charge is -2.32. The predicted molar refractivity (Wildman–Crippen MR) is 68.7 cm³/mol. The third-order valence-corrected chi connectivity index (χ3v) is 3.20. The average Bonchev–Trinajstić information content (AvgIpc) is 2.32. The van der Waals surface area contributed by atoms with Crippen LogP contribution in [0.5, 0.6) is 0 Å². The van der Waals surface area contributed by atoms with Crippen LogP contribution in [0, 0.1) is 0 Å². The zero-order valence-corrected chi connectivity index (χ0v) is 10.8. The minimum absolute atomic E-state index is 0.0666. The molecule has 0 aliphatic carbocycles. The molecule has 0 aromatic heterocycles. The molecule has 98 valence electrons. The van der Waals surface area contributed by atoms with Crippen molar-refractivity contribution in [3.63, 3.8) is 0 Å². The van der Waals surface area contributed by atoms with Crippen LogP contribution in [0.3, 0.4) is 0 Å². The third-order valence-electron chi connectivity index (χ3n) is 2.94. The summed E-state index contributed by atoms with van der Waals surface area (Å²) in [5.41, 5.74) is 1.18. The van der Waals surface area contributed by atoms with Crippen molar-refractivity contribution < 1.29 is 14.6 Å². The molecule has 18 heavy (non-hydrogen) atoms. The number of hydrogen-bond acceptors (Lipinski definition) is 3. The highest BCUT2D eigenvalue weighted by molar-refractivity contribution is 6.30. The summed E-state index contributed by atoms with van der Waals surface area (Å²) in [5, 5.41) is 9.49. The van der Waals surface area contributed by atoms with Crippen molar-refractivity contribution in [2.75, 3.05) is 19.7 Å². The van der Waals surface area contributed by atoms with Gasteiger partial charge >= 0.3 is 5.97 Å². The zero-order chi connectivity index (χ0) is 13.0. The van der Waals surface area contributed by atoms with Gasteiger partial charge in [0.25, 0.3) is 0 Å². The molecular formula is C13H16ClNO3. The number of carbonyl (C=O) groups is 1. The quantitative estimate of drug-likeness (QED) is 0.909. The van der Waals surface area contributed by atoms with E-state index in [1.807, 2.05) is 24.3 Å². The number of hydrogen-bond donors (Lipinski definition) is 1. The summed E-state index contributed by atoms with van der Waals surface area (Å²) in [7, 11) is 0. The topological polar surface area (TPSA) is 49.8 Å². The van der Waals surface area contributed by atoms with Gasteiger partial charge in [-0.2, -0.15) is 0 Å². The molecule has 1 N–H and O–H groups in total. The van der Waals surface area contributed by atoms with Crippen LogP contribution in [0.25, 0.3) is 0 Å². The molecule has 4 nitrogen and oxygen atoms in total. The van der Waals surface area contributed by atoms with E-state index < -0.39 is 5.97 Å². The van der Waals surface area contributed by atoms with Gasteiger partial charge in [0.05, 0.1) is 19.1 Å². The number of ether oxygens (including phenoxy) is 1. The maximum Gasteiger partial charge on any atom is 0.306 e. The molecule has 1 atom stereocenters. The molecule has 1 aliphatic heterocycles. The van der Waals surface area contributed by atoms with Crippen molar-refractivity contribution in [1.82, 2.24) is 4.90 Å². The minimum Gasteiger partial charge on any atom is -0.481 e. The maximum absolute atomic E-state index is 10.7. The Hall–Kier alpha value is -1.10. The van der Waals surface area contributed by atoms with Gasteiger partial charge in [-0.05, 0) is 17.7 Å². The van der Waals surface area contributed by atoms with Gasteiger partial charge in [-0.15, -0.1) is 0 Å². The van der Waals surface area contributed by atoms with E-state index in [0.29, 0.717) is 13.2 Å². The molecule has 0 radical (unpaired) electrons. The number of rotatable bonds is 4. The van der Waals surface area contributed by atoms with Crippen LogP contribution < -0.4 is 0 Å². The SMILES string of the molecule is O=C(O)C[C@@H]1CN(Cc2ccc(Cl)cc2)CCO1. The van der Waals surface area contributed by atoms with Crippen LogP contribution in [0.1, 0.15) is 12.0 Å². The Kier molecular flexibility index (Phi) is 4.58. The molecule has 1 heterocycles. The third kappa shape index (κ3) is 3.98. The Bertz CT molecular complexity index is 407. The Labute approximate surface area is 111 Å². The molecular weight excluding hydrogens is 254 g/mol. The number of halogens is 1. The predicted octanol–water partition coefficient (Wildman–Crippen LogP) is 2.02. The summed E-state index contributed by atoms with van der Waals surface area (Å²) in [5.74, 6) is -0.812. The summed E-state index contributed by atoms with van der Waals surface area (Å²) in [6.45, 7) is 2.88. The lowest BCUT2D eigenvalue weighted by molar-refractivity contribution is -0.142. The van der Waals surface area contributed by atoms with Gasteiger partial charge < -0.3 is 9.84 Å². The molecule has 0 saturated carbocycles. The molecule has 1 saturated heterocycles. The first-order valence-corrected chi connectivity index (χ1v) is 6.31. The first-order chi connectivity index (χ1) is 8.63. The molecule has 0 unspecified atom stereocenters. The smallest absolute Gasteiger partial charge is 0.306 e. The monoisotopic (exact) mass is 269 g/mol. The van der Waals surface area contributed by atoms with Crippen molar-refractivity contribution in [1.29, 1.82) is 0 Å². The number of carboxylic acids is 1. The second-order valence-corrected chi connectivity index (χ2v) is 4.89. The maximum atomic E-state index is 10.7. The Morgan fingerprint density at radius 3 is 2.83 bits per heavy atom. The van der Waals surface area contributed by atoms with E-state index in [1.54, 1.807) is 0 Å². The van der Waals surface area contributed by atoms with Gasteiger partial charge in [0.2, 0.25) is 0 Å². The van der Waals surface area contributed by atoms with E-state index in [9.17, 15) is 4.79 Å². The molecule has 0 spiro atoms. The largest absolute Gasteiger partial charge is 0.481 e. The summed E-state index contributed by atoms with van der Waals surface area (Å²) in [6, 6.07) is 7.71. The first kappa shape index (κ1) is 13.3. The van der Waals surface area contributed by atoms with Crippen molar-refractivity contribution >= 4 is 17.6 Å². The van der Waals surface area contributed by atoms with Gasteiger partial charge in [-0.3, -0.25) is 9.69 Å². The van der Waals surface area contributed by atoms with Crippen LogP contribution in [0.15, 0.2) is 24.3 Å². The normalized spacial score (nSPS) is 20.8. The fourth-order valence-corrected chi connectivity index (χ4v) is 2.22. The van der Waals surface area contributed by atoms with Crippen LogP contribution >= 0.6 is 11.6 Å². The molecule has 1 aromatic rings. The molecule has 1 aromatic carbocycles. The van der Waals surface area contributed by atoms with E-state index >= 15 is 0 Å². The number of nitrogens with zero attached hydrogens (tertiary/aromatic N) is 1. The van der Waals surface area contributed by atoms with E-state index in [2.05, 4.69) is 4.90 Å². The van der Waals surface area contributed by atoms with E-state index in [1.165, 1.54) is 5.56 Å². The van der Waals surface area contributed by atoms with Crippen LogP contribution in [-0.4, -0.2) is 41.8 Å². The summed E-state index contributed by atoms with van der Waals surface area (Å²) >= 11 is 5.84. The van der Waals surface area contributed by atoms with Gasteiger partial charge in [-0.25, -0.2) is 0 Å². The lowest BCUT2D eigenvalue weighted by Crippen LogP contribution is -2.42. The lowest BCUT2D eigenvalue weighted by atomic mass is 10.1. The van der Waals surface area contributed by atoms with Crippen LogP contribution in [0.2, 0.25) is 5.02 Å². The summed E-state index contributed by atoms with van der Waals surface area (Å²) in [4.78, 5) is 12.9.